The minimum atomic E-state index is -0.541. The van der Waals surface area contributed by atoms with E-state index in [0.29, 0.717) is 18.2 Å². The summed E-state index contributed by atoms with van der Waals surface area (Å²) in [6.07, 6.45) is 3.55. The van der Waals surface area contributed by atoms with Gasteiger partial charge in [0.15, 0.2) is 0 Å². The van der Waals surface area contributed by atoms with E-state index >= 15 is 0 Å². The van der Waals surface area contributed by atoms with Crippen LogP contribution in [0.3, 0.4) is 0 Å². The number of aromatic nitrogens is 2. The lowest BCUT2D eigenvalue weighted by atomic mass is 10.2. The van der Waals surface area contributed by atoms with Gasteiger partial charge in [-0.2, -0.15) is 0 Å². The average molecular weight is 235 g/mol. The van der Waals surface area contributed by atoms with Crippen LogP contribution in [-0.2, 0) is 6.54 Å². The molecule has 0 fully saturated rings. The Labute approximate surface area is 98.0 Å². The molecule has 0 spiro atoms. The standard InChI is InChI=1S/C11H13N3O3/c1-8(2)11-12-5-6-13(11)7-9-3-4-10(17-9)14(15)16/h3-6,8H,7H2,1-2H3. The first-order valence-electron chi connectivity index (χ1n) is 5.32. The Morgan fingerprint density at radius 3 is 2.88 bits per heavy atom. The van der Waals surface area contributed by atoms with Crippen LogP contribution in [0.1, 0.15) is 31.4 Å². The van der Waals surface area contributed by atoms with Gasteiger partial charge >= 0.3 is 5.88 Å². The summed E-state index contributed by atoms with van der Waals surface area (Å²) in [5.74, 6) is 1.56. The van der Waals surface area contributed by atoms with Gasteiger partial charge in [-0.05, 0) is 6.07 Å². The SMILES string of the molecule is CC(C)c1nccn1Cc1ccc([N+](=O)[O-])o1. The highest BCUT2D eigenvalue weighted by Crippen LogP contribution is 2.18. The van der Waals surface area contributed by atoms with Crippen molar-refractivity contribution < 1.29 is 9.34 Å². The van der Waals surface area contributed by atoms with E-state index < -0.39 is 4.92 Å². The summed E-state index contributed by atoms with van der Waals surface area (Å²) in [5.41, 5.74) is 0. The number of furan rings is 1. The van der Waals surface area contributed by atoms with Crippen molar-refractivity contribution in [3.63, 3.8) is 0 Å². The lowest BCUT2D eigenvalue weighted by molar-refractivity contribution is -0.402. The molecule has 2 aromatic heterocycles. The first kappa shape index (κ1) is 11.4. The molecule has 0 aromatic carbocycles. The Morgan fingerprint density at radius 2 is 2.29 bits per heavy atom. The molecule has 2 aromatic rings. The molecule has 0 N–H and O–H groups in total. The van der Waals surface area contributed by atoms with Crippen molar-refractivity contribution in [1.29, 1.82) is 0 Å². The van der Waals surface area contributed by atoms with Crippen molar-refractivity contribution in [2.24, 2.45) is 0 Å². The molecule has 0 aliphatic heterocycles. The number of nitro groups is 1. The van der Waals surface area contributed by atoms with Gasteiger partial charge in [0.2, 0.25) is 0 Å². The largest absolute Gasteiger partial charge is 0.433 e. The third-order valence-electron chi connectivity index (χ3n) is 2.42. The zero-order chi connectivity index (χ0) is 12.4. The molecule has 6 heteroatoms. The normalized spacial score (nSPS) is 11.0. The second-order valence-corrected chi connectivity index (χ2v) is 4.07. The fraction of sp³-hybridized carbons (Fsp3) is 0.364. The number of hydrogen-bond donors (Lipinski definition) is 0. The van der Waals surface area contributed by atoms with Gasteiger partial charge in [-0.1, -0.05) is 13.8 Å². The van der Waals surface area contributed by atoms with Gasteiger partial charge in [-0.25, -0.2) is 4.98 Å². The van der Waals surface area contributed by atoms with E-state index in [1.807, 2.05) is 24.6 Å². The summed E-state index contributed by atoms with van der Waals surface area (Å²) in [5, 5.41) is 10.5. The lowest BCUT2D eigenvalue weighted by Gasteiger charge is -2.07. The first-order valence-corrected chi connectivity index (χ1v) is 5.32. The second-order valence-electron chi connectivity index (χ2n) is 4.07. The number of nitrogens with zero attached hydrogens (tertiary/aromatic N) is 3. The minimum Gasteiger partial charge on any atom is -0.404 e. The Bertz CT molecular complexity index is 528. The van der Waals surface area contributed by atoms with E-state index in [-0.39, 0.29) is 5.88 Å². The predicted octanol–water partition coefficient (Wildman–Crippen LogP) is 2.56. The highest BCUT2D eigenvalue weighted by atomic mass is 16.6. The Balaban J connectivity index is 2.19. The average Bonchev–Trinajstić information content (AvgIpc) is 2.86. The molecule has 0 saturated carbocycles. The molecule has 0 bridgehead atoms. The fourth-order valence-corrected chi connectivity index (χ4v) is 1.67. The predicted molar refractivity (Wildman–Crippen MR) is 60.8 cm³/mol. The van der Waals surface area contributed by atoms with Crippen molar-refractivity contribution >= 4 is 5.88 Å². The van der Waals surface area contributed by atoms with E-state index in [1.165, 1.54) is 6.07 Å². The van der Waals surface area contributed by atoms with Crippen LogP contribution in [-0.4, -0.2) is 14.5 Å². The molecule has 0 unspecified atom stereocenters. The zero-order valence-electron chi connectivity index (χ0n) is 9.66. The van der Waals surface area contributed by atoms with Crippen LogP contribution >= 0.6 is 0 Å². The summed E-state index contributed by atoms with van der Waals surface area (Å²) in [4.78, 5) is 14.2. The van der Waals surface area contributed by atoms with Crippen LogP contribution in [0.5, 0.6) is 0 Å². The van der Waals surface area contributed by atoms with Crippen LogP contribution < -0.4 is 0 Å². The van der Waals surface area contributed by atoms with Gasteiger partial charge in [0, 0.05) is 18.3 Å². The van der Waals surface area contributed by atoms with Gasteiger partial charge in [0.05, 0.1) is 12.6 Å². The fourth-order valence-electron chi connectivity index (χ4n) is 1.67. The topological polar surface area (TPSA) is 74.1 Å². The third kappa shape index (κ3) is 2.35. The lowest BCUT2D eigenvalue weighted by Crippen LogP contribution is -2.05. The molecular formula is C11H13N3O3. The van der Waals surface area contributed by atoms with Crippen molar-refractivity contribution in [1.82, 2.24) is 9.55 Å². The van der Waals surface area contributed by atoms with Crippen LogP contribution in [0.2, 0.25) is 0 Å². The molecule has 0 aliphatic carbocycles. The van der Waals surface area contributed by atoms with Crippen molar-refractivity contribution in [2.45, 2.75) is 26.3 Å². The summed E-state index contributed by atoms with van der Waals surface area (Å²) < 4.78 is 7.03. The summed E-state index contributed by atoms with van der Waals surface area (Å²) in [6.45, 7) is 4.55. The summed E-state index contributed by atoms with van der Waals surface area (Å²) in [7, 11) is 0. The quantitative estimate of drug-likeness (QED) is 0.603. The highest BCUT2D eigenvalue weighted by molar-refractivity contribution is 5.18. The maximum absolute atomic E-state index is 10.5. The molecule has 0 amide bonds. The maximum atomic E-state index is 10.5. The van der Waals surface area contributed by atoms with Crippen LogP contribution in [0.4, 0.5) is 5.88 Å². The van der Waals surface area contributed by atoms with Crippen LogP contribution in [0, 0.1) is 10.1 Å². The summed E-state index contributed by atoms with van der Waals surface area (Å²) in [6, 6.07) is 2.98. The monoisotopic (exact) mass is 235 g/mol. The third-order valence-corrected chi connectivity index (χ3v) is 2.42. The van der Waals surface area contributed by atoms with Crippen LogP contribution in [0.15, 0.2) is 28.9 Å². The molecule has 2 rings (SSSR count). The number of imidazole rings is 1. The summed E-state index contributed by atoms with van der Waals surface area (Å²) >= 11 is 0. The molecule has 2 heterocycles. The smallest absolute Gasteiger partial charge is 0.404 e. The van der Waals surface area contributed by atoms with Gasteiger partial charge in [0.25, 0.3) is 0 Å². The molecule has 0 atom stereocenters. The number of rotatable bonds is 4. The first-order chi connectivity index (χ1) is 8.08. The minimum absolute atomic E-state index is 0.230. The molecule has 0 radical (unpaired) electrons. The zero-order valence-corrected chi connectivity index (χ0v) is 9.66. The molecule has 0 saturated heterocycles. The van der Waals surface area contributed by atoms with Crippen molar-refractivity contribution in [3.05, 3.63) is 46.2 Å². The molecule has 17 heavy (non-hydrogen) atoms. The Morgan fingerprint density at radius 1 is 1.53 bits per heavy atom. The second kappa shape index (κ2) is 4.40. The molecule has 6 nitrogen and oxygen atoms in total. The maximum Gasteiger partial charge on any atom is 0.433 e. The van der Waals surface area contributed by atoms with Crippen molar-refractivity contribution in [2.75, 3.05) is 0 Å². The van der Waals surface area contributed by atoms with E-state index in [2.05, 4.69) is 4.98 Å². The Kier molecular flexibility index (Phi) is 2.95. The molecular weight excluding hydrogens is 222 g/mol. The van der Waals surface area contributed by atoms with E-state index in [1.54, 1.807) is 12.3 Å². The Hall–Kier alpha value is -2.11. The van der Waals surface area contributed by atoms with Gasteiger partial charge in [0.1, 0.15) is 16.5 Å². The van der Waals surface area contributed by atoms with Gasteiger partial charge in [-0.15, -0.1) is 0 Å². The van der Waals surface area contributed by atoms with Gasteiger partial charge in [-0.3, -0.25) is 10.1 Å². The van der Waals surface area contributed by atoms with E-state index in [4.69, 9.17) is 4.42 Å². The molecule has 90 valence electrons. The number of hydrogen-bond acceptors (Lipinski definition) is 4. The van der Waals surface area contributed by atoms with Gasteiger partial charge < -0.3 is 8.98 Å². The van der Waals surface area contributed by atoms with E-state index in [0.717, 1.165) is 5.82 Å². The molecule has 0 aliphatic rings. The van der Waals surface area contributed by atoms with Crippen molar-refractivity contribution in [3.8, 4) is 0 Å². The highest BCUT2D eigenvalue weighted by Gasteiger charge is 2.14. The van der Waals surface area contributed by atoms with E-state index in [9.17, 15) is 10.1 Å². The van der Waals surface area contributed by atoms with Crippen LogP contribution in [0.25, 0.3) is 0 Å².